The summed E-state index contributed by atoms with van der Waals surface area (Å²) in [6.07, 6.45) is 0. The summed E-state index contributed by atoms with van der Waals surface area (Å²) in [4.78, 5) is 0.448. The summed E-state index contributed by atoms with van der Waals surface area (Å²) in [5, 5.41) is 0. The number of hydrogen-bond acceptors (Lipinski definition) is 2. The van der Waals surface area contributed by atoms with Crippen molar-refractivity contribution in [3.05, 3.63) is 59.2 Å². The Balaban J connectivity index is 2.31. The van der Waals surface area contributed by atoms with E-state index in [1.807, 2.05) is 0 Å². The van der Waals surface area contributed by atoms with Crippen LogP contribution in [0.15, 0.2) is 41.3 Å². The van der Waals surface area contributed by atoms with E-state index in [1.54, 1.807) is 25.1 Å². The van der Waals surface area contributed by atoms with Gasteiger partial charge in [0.1, 0.15) is 11.6 Å². The molecule has 0 aromatic heterocycles. The van der Waals surface area contributed by atoms with Gasteiger partial charge < -0.3 is 5.73 Å². The third kappa shape index (κ3) is 2.98. The zero-order chi connectivity index (χ0) is 14.0. The molecule has 0 heterocycles. The van der Waals surface area contributed by atoms with Crippen LogP contribution in [-0.4, -0.2) is 4.21 Å². The maximum atomic E-state index is 13.5. The highest BCUT2D eigenvalue weighted by molar-refractivity contribution is 7.84. The summed E-state index contributed by atoms with van der Waals surface area (Å²) >= 11 is 0. The topological polar surface area (TPSA) is 43.1 Å². The van der Waals surface area contributed by atoms with Crippen molar-refractivity contribution >= 4 is 16.5 Å². The third-order valence-electron chi connectivity index (χ3n) is 2.82. The molecular weight excluding hydrogens is 268 g/mol. The molecule has 1 unspecified atom stereocenters. The van der Waals surface area contributed by atoms with Gasteiger partial charge in [0.2, 0.25) is 0 Å². The van der Waals surface area contributed by atoms with Crippen molar-refractivity contribution in [1.82, 2.24) is 0 Å². The van der Waals surface area contributed by atoms with Crippen molar-refractivity contribution in [2.45, 2.75) is 17.6 Å². The number of nitrogens with two attached hydrogens (primary N) is 1. The van der Waals surface area contributed by atoms with Crippen LogP contribution in [0.5, 0.6) is 0 Å². The number of aryl methyl sites for hydroxylation is 1. The minimum Gasteiger partial charge on any atom is -0.398 e. The van der Waals surface area contributed by atoms with E-state index in [4.69, 9.17) is 5.73 Å². The Labute approximate surface area is 112 Å². The molecule has 100 valence electrons. The van der Waals surface area contributed by atoms with Gasteiger partial charge in [-0.25, -0.2) is 8.78 Å². The monoisotopic (exact) mass is 281 g/mol. The lowest BCUT2D eigenvalue weighted by Crippen LogP contribution is -2.04. The fraction of sp³-hybridized carbons (Fsp3) is 0.143. The number of rotatable bonds is 3. The molecule has 2 aromatic carbocycles. The van der Waals surface area contributed by atoms with Gasteiger partial charge in [-0.05, 0) is 36.8 Å². The van der Waals surface area contributed by atoms with E-state index >= 15 is 0 Å². The molecule has 0 bridgehead atoms. The first kappa shape index (κ1) is 13.7. The molecule has 0 saturated heterocycles. The van der Waals surface area contributed by atoms with E-state index in [9.17, 15) is 13.0 Å². The van der Waals surface area contributed by atoms with Crippen LogP contribution in [0.1, 0.15) is 11.1 Å². The third-order valence-corrected chi connectivity index (χ3v) is 4.24. The van der Waals surface area contributed by atoms with Gasteiger partial charge in [0, 0.05) is 5.56 Å². The molecule has 5 heteroatoms. The Hall–Kier alpha value is -1.75. The molecule has 2 aromatic rings. The molecular formula is C14H13F2NOS. The van der Waals surface area contributed by atoms with E-state index in [2.05, 4.69) is 0 Å². The molecule has 19 heavy (non-hydrogen) atoms. The number of anilines is 1. The van der Waals surface area contributed by atoms with Crippen LogP contribution in [0, 0.1) is 18.6 Å². The molecule has 0 fully saturated rings. The van der Waals surface area contributed by atoms with Crippen molar-refractivity contribution in [2.24, 2.45) is 0 Å². The van der Waals surface area contributed by atoms with Crippen LogP contribution in [0.4, 0.5) is 14.5 Å². The zero-order valence-corrected chi connectivity index (χ0v) is 11.1. The smallest absolute Gasteiger partial charge is 0.127 e. The highest BCUT2D eigenvalue weighted by atomic mass is 32.2. The Kier molecular flexibility index (Phi) is 3.95. The van der Waals surface area contributed by atoms with Crippen molar-refractivity contribution in [3.8, 4) is 0 Å². The molecule has 2 N–H and O–H groups in total. The van der Waals surface area contributed by atoms with Crippen LogP contribution in [0.2, 0.25) is 0 Å². The van der Waals surface area contributed by atoms with Crippen LogP contribution >= 0.6 is 0 Å². The van der Waals surface area contributed by atoms with Gasteiger partial charge in [0.25, 0.3) is 0 Å². The van der Waals surface area contributed by atoms with Gasteiger partial charge in [-0.15, -0.1) is 0 Å². The molecule has 0 radical (unpaired) electrons. The lowest BCUT2D eigenvalue weighted by molar-refractivity contribution is 0.590. The Bertz CT molecular complexity index is 643. The number of benzene rings is 2. The fourth-order valence-electron chi connectivity index (χ4n) is 1.73. The van der Waals surface area contributed by atoms with E-state index in [-0.39, 0.29) is 11.3 Å². The number of para-hydroxylation sites is 1. The number of hydrogen-bond donors (Lipinski definition) is 1. The SMILES string of the molecule is Cc1cccc(S(=O)Cc2cc(F)ccc2F)c1N. The molecule has 0 aliphatic heterocycles. The summed E-state index contributed by atoms with van der Waals surface area (Å²) < 4.78 is 38.7. The molecule has 0 amide bonds. The molecule has 0 spiro atoms. The van der Waals surface area contributed by atoms with E-state index in [0.29, 0.717) is 10.6 Å². The van der Waals surface area contributed by atoms with E-state index < -0.39 is 22.4 Å². The lowest BCUT2D eigenvalue weighted by atomic mass is 10.2. The average Bonchev–Trinajstić information content (AvgIpc) is 2.37. The predicted octanol–water partition coefficient (Wildman–Crippen LogP) is 3.16. The Morgan fingerprint density at radius 1 is 1.21 bits per heavy atom. The van der Waals surface area contributed by atoms with Crippen LogP contribution in [0.25, 0.3) is 0 Å². The van der Waals surface area contributed by atoms with Crippen molar-refractivity contribution in [2.75, 3.05) is 5.73 Å². The summed E-state index contributed by atoms with van der Waals surface area (Å²) in [5.74, 6) is -1.22. The van der Waals surface area contributed by atoms with Crippen molar-refractivity contribution < 1.29 is 13.0 Å². The molecule has 0 saturated carbocycles. The van der Waals surface area contributed by atoms with Crippen molar-refractivity contribution in [3.63, 3.8) is 0 Å². The number of nitrogen functional groups attached to an aromatic ring is 1. The van der Waals surface area contributed by atoms with Gasteiger partial charge in [0.15, 0.2) is 0 Å². The minimum atomic E-state index is -1.51. The number of halogens is 2. The average molecular weight is 281 g/mol. The summed E-state index contributed by atoms with van der Waals surface area (Å²) in [7, 11) is -1.51. The summed E-state index contributed by atoms with van der Waals surface area (Å²) in [5.41, 5.74) is 7.17. The van der Waals surface area contributed by atoms with Gasteiger partial charge in [0.05, 0.1) is 27.1 Å². The van der Waals surface area contributed by atoms with Gasteiger partial charge >= 0.3 is 0 Å². The molecule has 0 aliphatic carbocycles. The molecule has 2 nitrogen and oxygen atoms in total. The van der Waals surface area contributed by atoms with Crippen LogP contribution in [0.3, 0.4) is 0 Å². The molecule has 0 aliphatic rings. The second-order valence-corrected chi connectivity index (χ2v) is 5.63. The van der Waals surface area contributed by atoms with Gasteiger partial charge in [-0.2, -0.15) is 0 Å². The van der Waals surface area contributed by atoms with Crippen molar-refractivity contribution in [1.29, 1.82) is 0 Å². The Morgan fingerprint density at radius 3 is 2.68 bits per heavy atom. The second-order valence-electron chi connectivity index (χ2n) is 4.21. The first-order valence-electron chi connectivity index (χ1n) is 5.66. The van der Waals surface area contributed by atoms with Crippen LogP contribution < -0.4 is 5.73 Å². The maximum absolute atomic E-state index is 13.5. The van der Waals surface area contributed by atoms with Gasteiger partial charge in [-0.1, -0.05) is 12.1 Å². The molecule has 2 rings (SSSR count). The first-order chi connectivity index (χ1) is 8.99. The lowest BCUT2D eigenvalue weighted by Gasteiger charge is -2.08. The minimum absolute atomic E-state index is 0.0826. The quantitative estimate of drug-likeness (QED) is 0.878. The highest BCUT2D eigenvalue weighted by Crippen LogP contribution is 2.23. The Morgan fingerprint density at radius 2 is 1.95 bits per heavy atom. The largest absolute Gasteiger partial charge is 0.398 e. The standard InChI is InChI=1S/C14H13F2NOS/c1-9-3-2-4-13(14(9)17)19(18)8-10-7-11(15)5-6-12(10)16/h2-7H,8,17H2,1H3. The van der Waals surface area contributed by atoms with Gasteiger partial charge in [-0.3, -0.25) is 4.21 Å². The fourth-order valence-corrected chi connectivity index (χ4v) is 3.02. The first-order valence-corrected chi connectivity index (χ1v) is 6.98. The summed E-state index contributed by atoms with van der Waals surface area (Å²) in [6.45, 7) is 1.80. The molecule has 1 atom stereocenters. The predicted molar refractivity (Wildman–Crippen MR) is 72.1 cm³/mol. The van der Waals surface area contributed by atoms with E-state index in [1.165, 1.54) is 0 Å². The normalized spacial score (nSPS) is 12.4. The second kappa shape index (κ2) is 5.48. The van der Waals surface area contributed by atoms with E-state index in [0.717, 1.165) is 23.8 Å². The highest BCUT2D eigenvalue weighted by Gasteiger charge is 2.13. The van der Waals surface area contributed by atoms with Crippen LogP contribution in [-0.2, 0) is 16.6 Å². The maximum Gasteiger partial charge on any atom is 0.127 e. The summed E-state index contributed by atoms with van der Waals surface area (Å²) in [6, 6.07) is 8.29. The zero-order valence-electron chi connectivity index (χ0n) is 10.3.